The number of hydrogen-bond acceptors (Lipinski definition) is 3. The number of aldehydes is 1. The van der Waals surface area contributed by atoms with E-state index in [4.69, 9.17) is 16.3 Å². The maximum Gasteiger partial charge on any atom is 0.234 e. The highest BCUT2D eigenvalue weighted by molar-refractivity contribution is 6.31. The van der Waals surface area contributed by atoms with Crippen molar-refractivity contribution in [2.75, 3.05) is 7.05 Å². The quantitative estimate of drug-likeness (QED) is 0.566. The second-order valence-corrected chi connectivity index (χ2v) is 8.93. The molecule has 1 amide bonds. The van der Waals surface area contributed by atoms with Crippen molar-refractivity contribution in [3.63, 3.8) is 0 Å². The van der Waals surface area contributed by atoms with Gasteiger partial charge in [0, 0.05) is 18.0 Å². The average molecular weight is 428 g/mol. The Hall–Kier alpha value is -2.17. The number of carbonyl (C=O) groups is 2. The number of aryl methyl sites for hydroxylation is 1. The fraction of sp³-hybridized carbons (Fsp3) is 0.440. The van der Waals surface area contributed by atoms with Crippen LogP contribution in [0.2, 0.25) is 0 Å². The van der Waals surface area contributed by atoms with Crippen LogP contribution in [0.3, 0.4) is 0 Å². The second kappa shape index (κ2) is 8.91. The van der Waals surface area contributed by atoms with E-state index in [0.29, 0.717) is 10.7 Å². The van der Waals surface area contributed by atoms with Crippen molar-refractivity contribution in [3.05, 3.63) is 64.3 Å². The lowest BCUT2D eigenvalue weighted by molar-refractivity contribution is -0.137. The molecule has 3 rings (SSSR count). The Balaban J connectivity index is 2.23. The molecule has 5 heteroatoms. The molecule has 2 aliphatic rings. The molecule has 0 N–H and O–H groups in total. The van der Waals surface area contributed by atoms with Crippen molar-refractivity contribution in [2.45, 2.75) is 52.2 Å². The number of ether oxygens (including phenoxy) is 1. The fourth-order valence-corrected chi connectivity index (χ4v) is 4.23. The van der Waals surface area contributed by atoms with Crippen LogP contribution >= 0.6 is 11.6 Å². The Labute approximate surface area is 184 Å². The number of halogens is 1. The Kier molecular flexibility index (Phi) is 6.68. The summed E-state index contributed by atoms with van der Waals surface area (Å²) in [6.07, 6.45) is 7.16. The number of carbonyl (C=O) groups excluding carboxylic acids is 2. The van der Waals surface area contributed by atoms with Gasteiger partial charge in [0.2, 0.25) is 5.91 Å². The summed E-state index contributed by atoms with van der Waals surface area (Å²) < 4.78 is 6.21. The largest absolute Gasteiger partial charge is 0.359 e. The molecule has 4 nitrogen and oxygen atoms in total. The highest BCUT2D eigenvalue weighted by atomic mass is 35.5. The maximum absolute atomic E-state index is 13.2. The number of fused-ring (bicyclic) bond motifs is 1. The molecule has 1 heterocycles. The molecular formula is C25H30ClNO3. The molecule has 1 aliphatic carbocycles. The molecule has 0 radical (unpaired) electrons. The van der Waals surface area contributed by atoms with E-state index in [9.17, 15) is 9.59 Å². The second-order valence-electron chi connectivity index (χ2n) is 8.50. The van der Waals surface area contributed by atoms with Crippen LogP contribution in [0, 0.1) is 11.8 Å². The van der Waals surface area contributed by atoms with E-state index >= 15 is 0 Å². The van der Waals surface area contributed by atoms with E-state index in [1.54, 1.807) is 18.0 Å². The number of likely N-dealkylation sites (N-methyl/N-ethyl adjacent to an activating group) is 1. The molecule has 30 heavy (non-hydrogen) atoms. The smallest absolute Gasteiger partial charge is 0.234 e. The highest BCUT2D eigenvalue weighted by Gasteiger charge is 2.43. The summed E-state index contributed by atoms with van der Waals surface area (Å²) in [6.45, 7) is 8.03. The Morgan fingerprint density at radius 2 is 1.87 bits per heavy atom. The van der Waals surface area contributed by atoms with Crippen molar-refractivity contribution < 1.29 is 14.3 Å². The summed E-state index contributed by atoms with van der Waals surface area (Å²) >= 11 is 6.34. The van der Waals surface area contributed by atoms with Crippen molar-refractivity contribution in [2.24, 2.45) is 11.8 Å². The maximum atomic E-state index is 13.2. The van der Waals surface area contributed by atoms with E-state index in [2.05, 4.69) is 31.2 Å². The number of benzene rings is 1. The molecule has 3 unspecified atom stereocenters. The van der Waals surface area contributed by atoms with E-state index in [-0.39, 0.29) is 17.7 Å². The van der Waals surface area contributed by atoms with Gasteiger partial charge in [-0.3, -0.25) is 4.79 Å². The van der Waals surface area contributed by atoms with Gasteiger partial charge < -0.3 is 14.4 Å². The predicted molar refractivity (Wildman–Crippen MR) is 121 cm³/mol. The molecule has 1 aliphatic heterocycles. The van der Waals surface area contributed by atoms with Crippen molar-refractivity contribution in [1.29, 1.82) is 0 Å². The minimum absolute atomic E-state index is 0.0645. The summed E-state index contributed by atoms with van der Waals surface area (Å²) in [5.41, 5.74) is 3.20. The lowest BCUT2D eigenvalue weighted by Gasteiger charge is -2.41. The van der Waals surface area contributed by atoms with Crippen LogP contribution < -0.4 is 0 Å². The van der Waals surface area contributed by atoms with Crippen LogP contribution in [-0.4, -0.2) is 35.8 Å². The van der Waals surface area contributed by atoms with Gasteiger partial charge in [-0.2, -0.15) is 0 Å². The van der Waals surface area contributed by atoms with Gasteiger partial charge >= 0.3 is 0 Å². The molecule has 0 spiro atoms. The topological polar surface area (TPSA) is 46.6 Å². The van der Waals surface area contributed by atoms with Gasteiger partial charge in [-0.1, -0.05) is 61.9 Å². The number of amides is 1. The number of rotatable bonds is 7. The van der Waals surface area contributed by atoms with E-state index in [1.807, 2.05) is 32.9 Å². The minimum atomic E-state index is -0.853. The zero-order chi connectivity index (χ0) is 22.1. The van der Waals surface area contributed by atoms with Gasteiger partial charge in [-0.05, 0) is 49.5 Å². The lowest BCUT2D eigenvalue weighted by Crippen LogP contribution is -2.47. The summed E-state index contributed by atoms with van der Waals surface area (Å²) in [5, 5.41) is 0.591. The molecular weight excluding hydrogens is 398 g/mol. The first kappa shape index (κ1) is 22.5. The van der Waals surface area contributed by atoms with Crippen molar-refractivity contribution in [3.8, 4) is 0 Å². The molecule has 0 aromatic heterocycles. The van der Waals surface area contributed by atoms with Crippen LogP contribution in [0.5, 0.6) is 0 Å². The molecule has 0 bridgehead atoms. The first-order chi connectivity index (χ1) is 14.2. The fourth-order valence-electron chi connectivity index (χ4n) is 4.02. The lowest BCUT2D eigenvalue weighted by atomic mass is 9.74. The average Bonchev–Trinajstić information content (AvgIpc) is 2.74. The van der Waals surface area contributed by atoms with Gasteiger partial charge in [-0.15, -0.1) is 0 Å². The van der Waals surface area contributed by atoms with Crippen molar-refractivity contribution >= 4 is 29.4 Å². The van der Waals surface area contributed by atoms with E-state index in [1.165, 1.54) is 5.56 Å². The van der Waals surface area contributed by atoms with Crippen LogP contribution in [0.15, 0.2) is 53.2 Å². The third kappa shape index (κ3) is 4.30. The number of hydrogen-bond donors (Lipinski definition) is 0. The third-order valence-corrected chi connectivity index (χ3v) is 6.39. The summed E-state index contributed by atoms with van der Waals surface area (Å²) in [4.78, 5) is 27.0. The van der Waals surface area contributed by atoms with Crippen LogP contribution in [-0.2, 0) is 20.7 Å². The third-order valence-electron chi connectivity index (χ3n) is 6.14. The van der Waals surface area contributed by atoms with Crippen LogP contribution in [0.4, 0.5) is 0 Å². The number of allylic oxidation sites excluding steroid dienone is 4. The molecule has 1 aromatic rings. The van der Waals surface area contributed by atoms with Gasteiger partial charge in [0.25, 0.3) is 0 Å². The molecule has 0 saturated heterocycles. The van der Waals surface area contributed by atoms with Gasteiger partial charge in [0.05, 0.1) is 17.2 Å². The van der Waals surface area contributed by atoms with Crippen molar-refractivity contribution in [1.82, 2.24) is 4.90 Å². The van der Waals surface area contributed by atoms with E-state index < -0.39 is 11.7 Å². The molecule has 0 fully saturated rings. The minimum Gasteiger partial charge on any atom is -0.359 e. The number of nitrogens with zero attached hydrogens (tertiary/aromatic N) is 1. The monoisotopic (exact) mass is 427 g/mol. The standard InChI is InChI=1S/C25H30ClNO3/c1-6-16-8-10-17(11-9-16)22-20-14-18(26)12-13-19(20)24(29)27(5)23(22)21(15-28)30-25(3,4)7-2/h8-15,19-21H,6-7H2,1-5H3. The SMILES string of the molecule is CCc1ccc(C2=C(C(C=O)OC(C)(C)CC)N(C)C(=O)C3C=CC(Cl)=CC23)cc1. The predicted octanol–water partition coefficient (Wildman–Crippen LogP) is 5.13. The van der Waals surface area contributed by atoms with Gasteiger partial charge in [0.1, 0.15) is 0 Å². The Morgan fingerprint density at radius 3 is 2.43 bits per heavy atom. The first-order valence-electron chi connectivity index (χ1n) is 10.5. The van der Waals surface area contributed by atoms with Crippen LogP contribution in [0.25, 0.3) is 5.57 Å². The Bertz CT molecular complexity index is 911. The zero-order valence-corrected chi connectivity index (χ0v) is 19.1. The molecule has 0 saturated carbocycles. The zero-order valence-electron chi connectivity index (χ0n) is 18.3. The molecule has 160 valence electrons. The van der Waals surface area contributed by atoms with Gasteiger partial charge in [-0.25, -0.2) is 0 Å². The summed E-state index contributed by atoms with van der Waals surface area (Å²) in [7, 11) is 1.72. The Morgan fingerprint density at radius 1 is 1.20 bits per heavy atom. The summed E-state index contributed by atoms with van der Waals surface area (Å²) in [6, 6.07) is 8.29. The highest BCUT2D eigenvalue weighted by Crippen LogP contribution is 2.44. The normalized spacial score (nSPS) is 22.7. The summed E-state index contributed by atoms with van der Waals surface area (Å²) in [5.74, 6) is -0.664. The van der Waals surface area contributed by atoms with Crippen LogP contribution in [0.1, 0.15) is 45.2 Å². The molecule has 3 atom stereocenters. The molecule has 1 aromatic carbocycles. The van der Waals surface area contributed by atoms with E-state index in [0.717, 1.165) is 30.3 Å². The van der Waals surface area contributed by atoms with Gasteiger partial charge in [0.15, 0.2) is 12.4 Å². The first-order valence-corrected chi connectivity index (χ1v) is 10.9.